The third kappa shape index (κ3) is 2.66. The molecule has 0 aromatic heterocycles. The van der Waals surface area contributed by atoms with E-state index >= 15 is 0 Å². The lowest BCUT2D eigenvalue weighted by Gasteiger charge is -2.36. The number of carbonyl (C=O) groups excluding carboxylic acids is 1. The summed E-state index contributed by atoms with van der Waals surface area (Å²) in [5.41, 5.74) is -0.737. The summed E-state index contributed by atoms with van der Waals surface area (Å²) in [6.07, 6.45) is 3.22. The predicted octanol–water partition coefficient (Wildman–Crippen LogP) is 0.603. The van der Waals surface area contributed by atoms with Crippen molar-refractivity contribution >= 4 is 11.9 Å². The molecule has 2 aliphatic rings. The van der Waals surface area contributed by atoms with Gasteiger partial charge in [0.1, 0.15) is 0 Å². The smallest absolute Gasteiger partial charge is 0.311 e. The van der Waals surface area contributed by atoms with Gasteiger partial charge in [-0.15, -0.1) is 0 Å². The van der Waals surface area contributed by atoms with Crippen LogP contribution in [0.25, 0.3) is 0 Å². The number of carboxylic acid groups (broad SMARTS) is 1. The molecule has 2 rings (SSSR count). The molecule has 1 aliphatic carbocycles. The molecule has 3 N–H and O–H groups in total. The van der Waals surface area contributed by atoms with Crippen molar-refractivity contribution in [3.63, 3.8) is 0 Å². The van der Waals surface area contributed by atoms with Crippen LogP contribution in [-0.2, 0) is 9.59 Å². The molecule has 1 heterocycles. The number of carboxylic acids is 1. The van der Waals surface area contributed by atoms with E-state index in [4.69, 9.17) is 0 Å². The summed E-state index contributed by atoms with van der Waals surface area (Å²) in [6, 6.07) is 0. The zero-order chi connectivity index (χ0) is 13.2. The van der Waals surface area contributed by atoms with Gasteiger partial charge < -0.3 is 15.7 Å². The van der Waals surface area contributed by atoms with E-state index in [1.54, 1.807) is 0 Å². The number of carbonyl (C=O) groups is 2. The van der Waals surface area contributed by atoms with Crippen molar-refractivity contribution in [3.05, 3.63) is 0 Å². The summed E-state index contributed by atoms with van der Waals surface area (Å²) < 4.78 is 0. The molecule has 0 bridgehead atoms. The average molecular weight is 254 g/mol. The summed E-state index contributed by atoms with van der Waals surface area (Å²) in [5, 5.41) is 15.3. The van der Waals surface area contributed by atoms with Crippen LogP contribution >= 0.6 is 0 Å². The number of nitrogens with one attached hydrogen (secondary N) is 2. The second kappa shape index (κ2) is 5.26. The molecule has 5 nitrogen and oxygen atoms in total. The number of amides is 1. The van der Waals surface area contributed by atoms with E-state index in [1.165, 1.54) is 0 Å². The molecule has 0 radical (unpaired) electrons. The molecular weight excluding hydrogens is 232 g/mol. The molecule has 1 saturated heterocycles. The molecular formula is C13H22N2O3. The Balaban J connectivity index is 1.90. The second-order valence-corrected chi connectivity index (χ2v) is 5.84. The summed E-state index contributed by atoms with van der Waals surface area (Å²) in [5.74, 6) is -0.142. The fraction of sp³-hybridized carbons (Fsp3) is 0.846. The Hall–Kier alpha value is -1.10. The van der Waals surface area contributed by atoms with Crippen molar-refractivity contribution in [1.82, 2.24) is 10.6 Å². The molecule has 0 aromatic rings. The Labute approximate surface area is 107 Å². The summed E-state index contributed by atoms with van der Waals surface area (Å²) in [7, 11) is 0. The first-order valence-corrected chi connectivity index (χ1v) is 6.75. The number of hydrogen-bond donors (Lipinski definition) is 3. The fourth-order valence-corrected chi connectivity index (χ4v) is 2.66. The van der Waals surface area contributed by atoms with E-state index < -0.39 is 11.4 Å². The van der Waals surface area contributed by atoms with Gasteiger partial charge in [0.2, 0.25) is 5.91 Å². The van der Waals surface area contributed by atoms with Crippen LogP contribution in [0.3, 0.4) is 0 Å². The van der Waals surface area contributed by atoms with Crippen LogP contribution in [-0.4, -0.2) is 36.6 Å². The monoisotopic (exact) mass is 254 g/mol. The van der Waals surface area contributed by atoms with Gasteiger partial charge >= 0.3 is 5.97 Å². The van der Waals surface area contributed by atoms with Gasteiger partial charge in [-0.2, -0.15) is 0 Å². The van der Waals surface area contributed by atoms with E-state index in [2.05, 4.69) is 17.6 Å². The van der Waals surface area contributed by atoms with Gasteiger partial charge in [0.05, 0.1) is 11.3 Å². The van der Waals surface area contributed by atoms with Crippen molar-refractivity contribution in [1.29, 1.82) is 0 Å². The molecule has 0 aromatic carbocycles. The molecule has 1 amide bonds. The first-order chi connectivity index (χ1) is 8.53. The third-order valence-corrected chi connectivity index (χ3v) is 4.44. The minimum Gasteiger partial charge on any atom is -0.481 e. The highest BCUT2D eigenvalue weighted by Gasteiger charge is 2.41. The SMILES string of the molecule is CC1CCC(CNC(=O)C2CNC2)(C(=O)O)CC1. The van der Waals surface area contributed by atoms with E-state index in [0.29, 0.717) is 31.8 Å². The molecule has 0 unspecified atom stereocenters. The summed E-state index contributed by atoms with van der Waals surface area (Å²) in [6.45, 7) is 3.86. The third-order valence-electron chi connectivity index (χ3n) is 4.44. The van der Waals surface area contributed by atoms with Gasteiger partial charge in [-0.1, -0.05) is 6.92 Å². The largest absolute Gasteiger partial charge is 0.481 e. The molecule has 0 spiro atoms. The highest BCUT2D eigenvalue weighted by molar-refractivity contribution is 5.81. The zero-order valence-corrected chi connectivity index (χ0v) is 10.9. The Morgan fingerprint density at radius 2 is 1.94 bits per heavy atom. The lowest BCUT2D eigenvalue weighted by molar-refractivity contribution is -0.151. The second-order valence-electron chi connectivity index (χ2n) is 5.84. The topological polar surface area (TPSA) is 78.4 Å². The molecule has 102 valence electrons. The van der Waals surface area contributed by atoms with Gasteiger partial charge in [-0.25, -0.2) is 0 Å². The van der Waals surface area contributed by atoms with Crippen LogP contribution in [0.4, 0.5) is 0 Å². The Morgan fingerprint density at radius 1 is 1.33 bits per heavy atom. The van der Waals surface area contributed by atoms with E-state index in [1.807, 2.05) is 0 Å². The van der Waals surface area contributed by atoms with Crippen LogP contribution in [0.1, 0.15) is 32.6 Å². The first kappa shape index (κ1) is 13.3. The lowest BCUT2D eigenvalue weighted by Crippen LogP contribution is -2.53. The number of hydrogen-bond acceptors (Lipinski definition) is 3. The summed E-state index contributed by atoms with van der Waals surface area (Å²) >= 11 is 0. The van der Waals surface area contributed by atoms with Crippen molar-refractivity contribution < 1.29 is 14.7 Å². The fourth-order valence-electron chi connectivity index (χ4n) is 2.66. The van der Waals surface area contributed by atoms with Crippen molar-refractivity contribution in [2.45, 2.75) is 32.6 Å². The lowest BCUT2D eigenvalue weighted by atomic mass is 9.70. The molecule has 1 saturated carbocycles. The molecule has 18 heavy (non-hydrogen) atoms. The van der Waals surface area contributed by atoms with Crippen LogP contribution in [0, 0.1) is 17.3 Å². The van der Waals surface area contributed by atoms with Crippen molar-refractivity contribution in [2.75, 3.05) is 19.6 Å². The Morgan fingerprint density at radius 3 is 2.39 bits per heavy atom. The molecule has 0 atom stereocenters. The maximum Gasteiger partial charge on any atom is 0.311 e. The van der Waals surface area contributed by atoms with Gasteiger partial charge in [0, 0.05) is 19.6 Å². The van der Waals surface area contributed by atoms with E-state index in [9.17, 15) is 14.7 Å². The number of rotatable bonds is 4. The normalized spacial score (nSPS) is 32.6. The van der Waals surface area contributed by atoms with E-state index in [-0.39, 0.29) is 18.4 Å². The molecule has 1 aliphatic heterocycles. The molecule has 5 heteroatoms. The van der Waals surface area contributed by atoms with Gasteiger partial charge in [-0.05, 0) is 31.6 Å². The van der Waals surface area contributed by atoms with Gasteiger partial charge in [0.15, 0.2) is 0 Å². The minimum atomic E-state index is -0.763. The standard InChI is InChI=1S/C13H22N2O3/c1-9-2-4-13(5-3-9,12(17)18)8-15-11(16)10-6-14-7-10/h9-10,14H,2-8H2,1H3,(H,15,16)(H,17,18). The quantitative estimate of drug-likeness (QED) is 0.686. The Kier molecular flexibility index (Phi) is 3.90. The average Bonchev–Trinajstić information content (AvgIpc) is 2.26. The van der Waals surface area contributed by atoms with E-state index in [0.717, 1.165) is 12.8 Å². The number of aliphatic carboxylic acids is 1. The van der Waals surface area contributed by atoms with Gasteiger partial charge in [-0.3, -0.25) is 9.59 Å². The minimum absolute atomic E-state index is 0.00648. The molecule has 2 fully saturated rings. The van der Waals surface area contributed by atoms with Crippen LogP contribution in [0.15, 0.2) is 0 Å². The van der Waals surface area contributed by atoms with Crippen LogP contribution in [0.2, 0.25) is 0 Å². The van der Waals surface area contributed by atoms with Gasteiger partial charge in [0.25, 0.3) is 0 Å². The van der Waals surface area contributed by atoms with Crippen molar-refractivity contribution in [3.8, 4) is 0 Å². The highest BCUT2D eigenvalue weighted by Crippen LogP contribution is 2.38. The highest BCUT2D eigenvalue weighted by atomic mass is 16.4. The van der Waals surface area contributed by atoms with Crippen LogP contribution < -0.4 is 10.6 Å². The predicted molar refractivity (Wildman–Crippen MR) is 67.1 cm³/mol. The summed E-state index contributed by atoms with van der Waals surface area (Å²) in [4.78, 5) is 23.2. The maximum absolute atomic E-state index is 11.8. The van der Waals surface area contributed by atoms with Crippen molar-refractivity contribution in [2.24, 2.45) is 17.3 Å². The van der Waals surface area contributed by atoms with Crippen LogP contribution in [0.5, 0.6) is 0 Å². The Bertz CT molecular complexity index is 331. The maximum atomic E-state index is 11.8. The zero-order valence-electron chi connectivity index (χ0n) is 10.9. The first-order valence-electron chi connectivity index (χ1n) is 6.75.